The highest BCUT2D eigenvalue weighted by molar-refractivity contribution is 5.84. The summed E-state index contributed by atoms with van der Waals surface area (Å²) in [6.07, 6.45) is 0. The van der Waals surface area contributed by atoms with E-state index in [1.807, 2.05) is 18.2 Å². The third kappa shape index (κ3) is 2.19. The van der Waals surface area contributed by atoms with Gasteiger partial charge in [0, 0.05) is 11.3 Å². The van der Waals surface area contributed by atoms with Crippen molar-refractivity contribution in [3.05, 3.63) is 103 Å². The normalized spacial score (nSPS) is 18.6. The summed E-state index contributed by atoms with van der Waals surface area (Å²) in [6.45, 7) is 2.14. The Labute approximate surface area is 153 Å². The van der Waals surface area contributed by atoms with Crippen LogP contribution in [0.1, 0.15) is 12.5 Å². The van der Waals surface area contributed by atoms with Gasteiger partial charge in [-0.3, -0.25) is 4.90 Å². The molecule has 4 aromatic rings. The topological polar surface area (TPSA) is 12.5 Å². The molecule has 0 bridgehead atoms. The lowest BCUT2D eigenvalue weighted by Gasteiger charge is -2.36. The van der Waals surface area contributed by atoms with Gasteiger partial charge in [-0.25, -0.2) is 0 Å². The molecular formula is C24H19NO. The fraction of sp³-hybridized carbons (Fsp3) is 0.0833. The minimum Gasteiger partial charge on any atom is -0.461 e. The Bertz CT molecular complexity index is 1090. The van der Waals surface area contributed by atoms with Crippen molar-refractivity contribution in [2.75, 3.05) is 4.90 Å². The first-order chi connectivity index (χ1) is 12.8. The lowest BCUT2D eigenvalue weighted by molar-refractivity contribution is 0.119. The first-order valence-corrected chi connectivity index (χ1v) is 8.88. The molecule has 0 spiro atoms. The molecule has 126 valence electrons. The third-order valence-corrected chi connectivity index (χ3v) is 5.14. The van der Waals surface area contributed by atoms with Crippen LogP contribution in [0.2, 0.25) is 0 Å². The second-order valence-corrected chi connectivity index (χ2v) is 6.79. The minimum absolute atomic E-state index is 0.602. The second kappa shape index (κ2) is 5.63. The van der Waals surface area contributed by atoms with Crippen LogP contribution in [0.5, 0.6) is 5.75 Å². The molecule has 0 amide bonds. The van der Waals surface area contributed by atoms with Crippen LogP contribution in [-0.4, -0.2) is 0 Å². The van der Waals surface area contributed by atoms with E-state index in [9.17, 15) is 0 Å². The van der Waals surface area contributed by atoms with Crippen LogP contribution in [0.3, 0.4) is 0 Å². The first kappa shape index (κ1) is 15.0. The Balaban J connectivity index is 1.72. The van der Waals surface area contributed by atoms with Gasteiger partial charge < -0.3 is 4.74 Å². The maximum absolute atomic E-state index is 6.52. The summed E-state index contributed by atoms with van der Waals surface area (Å²) in [5, 5.41) is 2.46. The molecule has 5 rings (SSSR count). The molecule has 0 radical (unpaired) electrons. The van der Waals surface area contributed by atoms with Crippen molar-refractivity contribution in [3.8, 4) is 5.75 Å². The van der Waals surface area contributed by atoms with Crippen LogP contribution in [0.4, 0.5) is 11.4 Å². The fourth-order valence-electron chi connectivity index (χ4n) is 3.85. The molecule has 1 atom stereocenters. The average Bonchev–Trinajstić information content (AvgIpc) is 3.01. The van der Waals surface area contributed by atoms with Crippen LogP contribution in [-0.2, 0) is 5.72 Å². The molecule has 0 aromatic heterocycles. The van der Waals surface area contributed by atoms with Crippen molar-refractivity contribution in [2.45, 2.75) is 12.6 Å². The van der Waals surface area contributed by atoms with Crippen LogP contribution >= 0.6 is 0 Å². The number of rotatable bonds is 2. The van der Waals surface area contributed by atoms with Gasteiger partial charge in [0.15, 0.2) is 0 Å². The molecule has 1 unspecified atom stereocenters. The van der Waals surface area contributed by atoms with E-state index >= 15 is 0 Å². The maximum atomic E-state index is 6.52. The monoisotopic (exact) mass is 337 g/mol. The molecule has 4 aromatic carbocycles. The fourth-order valence-corrected chi connectivity index (χ4v) is 3.85. The zero-order valence-electron chi connectivity index (χ0n) is 14.6. The van der Waals surface area contributed by atoms with Crippen molar-refractivity contribution < 1.29 is 4.74 Å². The van der Waals surface area contributed by atoms with Crippen molar-refractivity contribution in [2.24, 2.45) is 0 Å². The molecule has 1 heterocycles. The molecule has 0 N–H and O–H groups in total. The summed E-state index contributed by atoms with van der Waals surface area (Å²) < 4.78 is 6.52. The van der Waals surface area contributed by atoms with Gasteiger partial charge in [0.05, 0.1) is 5.69 Å². The van der Waals surface area contributed by atoms with Gasteiger partial charge in [0.25, 0.3) is 0 Å². The van der Waals surface area contributed by atoms with Crippen molar-refractivity contribution in [1.82, 2.24) is 0 Å². The molecule has 26 heavy (non-hydrogen) atoms. The van der Waals surface area contributed by atoms with Crippen LogP contribution in [0.25, 0.3) is 10.8 Å². The minimum atomic E-state index is -0.602. The van der Waals surface area contributed by atoms with Crippen molar-refractivity contribution in [3.63, 3.8) is 0 Å². The van der Waals surface area contributed by atoms with E-state index in [1.165, 1.54) is 10.8 Å². The van der Waals surface area contributed by atoms with Gasteiger partial charge in [-0.15, -0.1) is 0 Å². The number of fused-ring (bicyclic) bond motifs is 2. The molecule has 2 heteroatoms. The smallest absolute Gasteiger partial charge is 0.211 e. The van der Waals surface area contributed by atoms with Gasteiger partial charge in [0.2, 0.25) is 5.72 Å². The Morgan fingerprint density at radius 3 is 2.23 bits per heavy atom. The molecule has 0 aliphatic carbocycles. The van der Waals surface area contributed by atoms with E-state index < -0.39 is 5.72 Å². The van der Waals surface area contributed by atoms with Gasteiger partial charge >= 0.3 is 0 Å². The molecule has 0 fully saturated rings. The summed E-state index contributed by atoms with van der Waals surface area (Å²) in [6, 6.07) is 33.7. The maximum Gasteiger partial charge on any atom is 0.211 e. The molecule has 1 aliphatic heterocycles. The number of hydrogen-bond donors (Lipinski definition) is 0. The molecular weight excluding hydrogens is 318 g/mol. The zero-order chi connectivity index (χ0) is 17.6. The van der Waals surface area contributed by atoms with Gasteiger partial charge in [-0.05, 0) is 48.0 Å². The highest BCUT2D eigenvalue weighted by atomic mass is 16.5. The van der Waals surface area contributed by atoms with Gasteiger partial charge in [-0.2, -0.15) is 0 Å². The van der Waals surface area contributed by atoms with Crippen molar-refractivity contribution >= 4 is 22.1 Å². The Hall–Kier alpha value is -3.26. The van der Waals surface area contributed by atoms with Gasteiger partial charge in [-0.1, -0.05) is 66.7 Å². The molecule has 0 saturated carbocycles. The number of benzene rings is 4. The zero-order valence-corrected chi connectivity index (χ0v) is 14.6. The number of ether oxygens (including phenoxy) is 1. The SMILES string of the molecule is CC1(c2ccc3ccccc3c2)Oc2ccccc2N1c1ccccc1. The second-order valence-electron chi connectivity index (χ2n) is 6.79. The Kier molecular flexibility index (Phi) is 3.26. The van der Waals surface area contributed by atoms with Crippen molar-refractivity contribution in [1.29, 1.82) is 0 Å². The predicted molar refractivity (Wildman–Crippen MR) is 107 cm³/mol. The average molecular weight is 337 g/mol. The van der Waals surface area contributed by atoms with Gasteiger partial charge in [0.1, 0.15) is 5.75 Å². The van der Waals surface area contributed by atoms with E-state index in [0.717, 1.165) is 22.7 Å². The number of para-hydroxylation sites is 3. The number of nitrogens with zero attached hydrogens (tertiary/aromatic N) is 1. The highest BCUT2D eigenvalue weighted by Gasteiger charge is 2.44. The van der Waals surface area contributed by atoms with Crippen LogP contribution in [0, 0.1) is 0 Å². The van der Waals surface area contributed by atoms with E-state index in [-0.39, 0.29) is 0 Å². The quantitative estimate of drug-likeness (QED) is 0.429. The lowest BCUT2D eigenvalue weighted by atomic mass is 9.98. The summed E-state index contributed by atoms with van der Waals surface area (Å²) in [4.78, 5) is 2.28. The first-order valence-electron chi connectivity index (χ1n) is 8.88. The lowest BCUT2D eigenvalue weighted by Crippen LogP contribution is -2.41. The summed E-state index contributed by atoms with van der Waals surface area (Å²) in [5.74, 6) is 0.909. The van der Waals surface area contributed by atoms with Crippen LogP contribution in [0.15, 0.2) is 97.1 Å². The van der Waals surface area contributed by atoms with E-state index in [4.69, 9.17) is 4.74 Å². The van der Waals surface area contributed by atoms with Crippen LogP contribution < -0.4 is 9.64 Å². The summed E-state index contributed by atoms with van der Waals surface area (Å²) in [7, 11) is 0. The van der Waals surface area contributed by atoms with E-state index in [2.05, 4.69) is 90.7 Å². The summed E-state index contributed by atoms with van der Waals surface area (Å²) >= 11 is 0. The largest absolute Gasteiger partial charge is 0.461 e. The Morgan fingerprint density at radius 2 is 1.38 bits per heavy atom. The highest BCUT2D eigenvalue weighted by Crippen LogP contribution is 2.51. The summed E-state index contributed by atoms with van der Waals surface area (Å²) in [5.41, 5.74) is 2.74. The predicted octanol–water partition coefficient (Wildman–Crippen LogP) is 6.24. The number of hydrogen-bond acceptors (Lipinski definition) is 2. The molecule has 1 aliphatic rings. The molecule has 0 saturated heterocycles. The standard InChI is InChI=1S/C24H19NO/c1-24(20-16-15-18-9-5-6-10-19(18)17-20)25(21-11-3-2-4-12-21)22-13-7-8-14-23(22)26-24/h2-17H,1H3. The molecule has 2 nitrogen and oxygen atoms in total. The Morgan fingerprint density at radius 1 is 0.692 bits per heavy atom. The number of anilines is 2. The van der Waals surface area contributed by atoms with E-state index in [1.54, 1.807) is 0 Å². The van der Waals surface area contributed by atoms with E-state index in [0.29, 0.717) is 0 Å². The third-order valence-electron chi connectivity index (χ3n) is 5.14.